The van der Waals surface area contributed by atoms with Gasteiger partial charge in [0.25, 0.3) is 0 Å². The maximum atomic E-state index is 11.0. The SMILES string of the molecule is CC(C)c1nc2cc(CS(=O)(=O)Cl)ccc2o1. The van der Waals surface area contributed by atoms with Crippen molar-refractivity contribution in [2.75, 3.05) is 0 Å². The van der Waals surface area contributed by atoms with Gasteiger partial charge in [-0.3, -0.25) is 0 Å². The van der Waals surface area contributed by atoms with Crippen molar-refractivity contribution >= 4 is 30.8 Å². The lowest BCUT2D eigenvalue weighted by Gasteiger charge is -1.96. The fourth-order valence-electron chi connectivity index (χ4n) is 1.53. The Morgan fingerprint density at radius 2 is 2.12 bits per heavy atom. The van der Waals surface area contributed by atoms with Crippen LogP contribution in [0.15, 0.2) is 22.6 Å². The molecule has 0 atom stereocenters. The first-order valence-electron chi connectivity index (χ1n) is 5.17. The van der Waals surface area contributed by atoms with Crippen LogP contribution in [0.2, 0.25) is 0 Å². The molecule has 2 aromatic rings. The van der Waals surface area contributed by atoms with Crippen molar-refractivity contribution in [3.63, 3.8) is 0 Å². The quantitative estimate of drug-likeness (QED) is 0.807. The third-order valence-corrected chi connectivity index (χ3v) is 3.31. The molecule has 0 fully saturated rings. The van der Waals surface area contributed by atoms with Crippen molar-refractivity contribution < 1.29 is 12.8 Å². The fourth-order valence-corrected chi connectivity index (χ4v) is 2.48. The van der Waals surface area contributed by atoms with Gasteiger partial charge in [0.1, 0.15) is 5.52 Å². The second kappa shape index (κ2) is 4.31. The fraction of sp³-hybridized carbons (Fsp3) is 0.364. The van der Waals surface area contributed by atoms with Crippen molar-refractivity contribution in [3.8, 4) is 0 Å². The van der Waals surface area contributed by atoms with Gasteiger partial charge in [-0.25, -0.2) is 13.4 Å². The van der Waals surface area contributed by atoms with Gasteiger partial charge in [0, 0.05) is 16.6 Å². The van der Waals surface area contributed by atoms with Gasteiger partial charge in [-0.15, -0.1) is 0 Å². The molecule has 17 heavy (non-hydrogen) atoms. The second-order valence-corrected chi connectivity index (χ2v) is 6.97. The molecular weight excluding hydrogens is 262 g/mol. The molecule has 0 N–H and O–H groups in total. The summed E-state index contributed by atoms with van der Waals surface area (Å²) < 4.78 is 27.5. The summed E-state index contributed by atoms with van der Waals surface area (Å²) in [4.78, 5) is 4.30. The van der Waals surface area contributed by atoms with Gasteiger partial charge >= 0.3 is 0 Å². The predicted octanol–water partition coefficient (Wildman–Crippen LogP) is 3.02. The topological polar surface area (TPSA) is 60.2 Å². The molecule has 92 valence electrons. The Kier molecular flexibility index (Phi) is 3.14. The average molecular weight is 274 g/mol. The number of nitrogens with zero attached hydrogens (tertiary/aromatic N) is 1. The maximum Gasteiger partial charge on any atom is 0.236 e. The van der Waals surface area contributed by atoms with Crippen molar-refractivity contribution in [2.45, 2.75) is 25.5 Å². The van der Waals surface area contributed by atoms with Gasteiger partial charge < -0.3 is 4.42 Å². The Balaban J connectivity index is 2.43. The summed E-state index contributed by atoms with van der Waals surface area (Å²) in [5.41, 5.74) is 1.92. The van der Waals surface area contributed by atoms with Gasteiger partial charge in [0.2, 0.25) is 9.05 Å². The van der Waals surface area contributed by atoms with E-state index in [2.05, 4.69) is 4.98 Å². The lowest BCUT2D eigenvalue weighted by Crippen LogP contribution is -1.94. The highest BCUT2D eigenvalue weighted by Crippen LogP contribution is 2.23. The summed E-state index contributed by atoms with van der Waals surface area (Å²) in [7, 11) is 1.66. The van der Waals surface area contributed by atoms with E-state index in [-0.39, 0.29) is 11.7 Å². The lowest BCUT2D eigenvalue weighted by atomic mass is 10.2. The number of hydrogen-bond acceptors (Lipinski definition) is 4. The van der Waals surface area contributed by atoms with E-state index in [9.17, 15) is 8.42 Å². The average Bonchev–Trinajstić information content (AvgIpc) is 2.57. The summed E-state index contributed by atoms with van der Waals surface area (Å²) >= 11 is 0. The highest BCUT2D eigenvalue weighted by molar-refractivity contribution is 8.13. The number of halogens is 1. The van der Waals surface area contributed by atoms with Crippen LogP contribution < -0.4 is 0 Å². The molecule has 0 spiro atoms. The minimum Gasteiger partial charge on any atom is -0.440 e. The molecule has 0 amide bonds. The van der Waals surface area contributed by atoms with Crippen LogP contribution >= 0.6 is 10.7 Å². The summed E-state index contributed by atoms with van der Waals surface area (Å²) in [6.07, 6.45) is 0. The third-order valence-electron chi connectivity index (χ3n) is 2.30. The molecule has 0 saturated carbocycles. The van der Waals surface area contributed by atoms with Crippen molar-refractivity contribution in [3.05, 3.63) is 29.7 Å². The number of benzene rings is 1. The van der Waals surface area contributed by atoms with E-state index in [0.717, 1.165) is 0 Å². The molecule has 0 aliphatic heterocycles. The Bertz CT molecular complexity index is 646. The molecule has 4 nitrogen and oxygen atoms in total. The standard InChI is InChI=1S/C11H12ClNO3S/c1-7(2)11-13-9-5-8(6-17(12,14)15)3-4-10(9)16-11/h3-5,7H,6H2,1-2H3. The molecule has 0 aliphatic carbocycles. The van der Waals surface area contributed by atoms with Gasteiger partial charge in [-0.2, -0.15) is 0 Å². The minimum absolute atomic E-state index is 0.197. The summed E-state index contributed by atoms with van der Waals surface area (Å²) in [5.74, 6) is 0.641. The van der Waals surface area contributed by atoms with E-state index >= 15 is 0 Å². The monoisotopic (exact) mass is 273 g/mol. The van der Waals surface area contributed by atoms with Crippen LogP contribution in [0.5, 0.6) is 0 Å². The Morgan fingerprint density at radius 3 is 2.71 bits per heavy atom. The minimum atomic E-state index is -3.54. The van der Waals surface area contributed by atoms with Crippen LogP contribution in [0.3, 0.4) is 0 Å². The zero-order valence-corrected chi connectivity index (χ0v) is 11.0. The molecule has 1 aromatic carbocycles. The van der Waals surface area contributed by atoms with Crippen LogP contribution in [0.25, 0.3) is 11.1 Å². The molecule has 0 radical (unpaired) electrons. The second-order valence-electron chi connectivity index (χ2n) is 4.19. The van der Waals surface area contributed by atoms with E-state index in [1.165, 1.54) is 0 Å². The largest absolute Gasteiger partial charge is 0.440 e. The lowest BCUT2D eigenvalue weighted by molar-refractivity contribution is 0.501. The summed E-state index contributed by atoms with van der Waals surface area (Å²) in [6.45, 7) is 3.96. The third kappa shape index (κ3) is 2.98. The highest BCUT2D eigenvalue weighted by atomic mass is 35.7. The normalized spacial score (nSPS) is 12.5. The van der Waals surface area contributed by atoms with Gasteiger partial charge in [0.15, 0.2) is 11.5 Å². The molecule has 6 heteroatoms. The predicted molar refractivity (Wildman–Crippen MR) is 66.6 cm³/mol. The first-order chi connectivity index (χ1) is 7.85. The molecule has 2 rings (SSSR count). The molecule has 0 saturated heterocycles. The molecule has 0 bridgehead atoms. The first kappa shape index (κ1) is 12.4. The summed E-state index contributed by atoms with van der Waals surface area (Å²) in [5, 5.41) is 0. The van der Waals surface area contributed by atoms with Crippen LogP contribution in [-0.2, 0) is 14.8 Å². The first-order valence-corrected chi connectivity index (χ1v) is 7.65. The van der Waals surface area contributed by atoms with Crippen molar-refractivity contribution in [1.29, 1.82) is 0 Å². The van der Waals surface area contributed by atoms with Crippen LogP contribution in [0.4, 0.5) is 0 Å². The van der Waals surface area contributed by atoms with E-state index in [0.29, 0.717) is 22.6 Å². The van der Waals surface area contributed by atoms with E-state index < -0.39 is 9.05 Å². The zero-order valence-electron chi connectivity index (χ0n) is 9.47. The molecular formula is C11H12ClNO3S. The van der Waals surface area contributed by atoms with Crippen LogP contribution in [-0.4, -0.2) is 13.4 Å². The van der Waals surface area contributed by atoms with Crippen molar-refractivity contribution in [2.24, 2.45) is 0 Å². The van der Waals surface area contributed by atoms with Gasteiger partial charge in [0.05, 0.1) is 5.75 Å². The maximum absolute atomic E-state index is 11.0. The van der Waals surface area contributed by atoms with E-state index in [1.807, 2.05) is 13.8 Å². The Morgan fingerprint density at radius 1 is 1.41 bits per heavy atom. The molecule has 1 aromatic heterocycles. The number of aromatic nitrogens is 1. The zero-order chi connectivity index (χ0) is 12.6. The molecule has 1 heterocycles. The van der Waals surface area contributed by atoms with Crippen molar-refractivity contribution in [1.82, 2.24) is 4.98 Å². The smallest absolute Gasteiger partial charge is 0.236 e. The highest BCUT2D eigenvalue weighted by Gasteiger charge is 2.12. The number of fused-ring (bicyclic) bond motifs is 1. The van der Waals surface area contributed by atoms with E-state index in [1.54, 1.807) is 18.2 Å². The summed E-state index contributed by atoms with van der Waals surface area (Å²) in [6, 6.07) is 5.08. The Labute approximate surface area is 104 Å². The van der Waals surface area contributed by atoms with Crippen LogP contribution in [0.1, 0.15) is 31.2 Å². The number of hydrogen-bond donors (Lipinski definition) is 0. The van der Waals surface area contributed by atoms with Gasteiger partial charge in [-0.1, -0.05) is 19.9 Å². The molecule has 0 unspecified atom stereocenters. The Hall–Kier alpha value is -1.07. The van der Waals surface area contributed by atoms with Crippen LogP contribution in [0, 0.1) is 0 Å². The van der Waals surface area contributed by atoms with E-state index in [4.69, 9.17) is 15.1 Å². The number of rotatable bonds is 3. The molecule has 0 aliphatic rings. The van der Waals surface area contributed by atoms with Gasteiger partial charge in [-0.05, 0) is 17.7 Å². The number of oxazole rings is 1.